The van der Waals surface area contributed by atoms with Crippen LogP contribution in [-0.4, -0.2) is 28.2 Å². The lowest BCUT2D eigenvalue weighted by Gasteiger charge is -2.22. The van der Waals surface area contributed by atoms with Crippen molar-refractivity contribution in [3.8, 4) is 0 Å². The van der Waals surface area contributed by atoms with Crippen LogP contribution in [0.4, 0.5) is 0 Å². The molecule has 0 amide bonds. The maximum absolute atomic E-state index is 12.3. The van der Waals surface area contributed by atoms with Crippen molar-refractivity contribution < 1.29 is 4.79 Å². The largest absolute Gasteiger partial charge is 0.307 e. The van der Waals surface area contributed by atoms with Crippen LogP contribution in [0.2, 0.25) is 0 Å². The molecule has 1 aliphatic rings. The normalized spacial score (nSPS) is 20.1. The van der Waals surface area contributed by atoms with Gasteiger partial charge in [-0.25, -0.2) is 0 Å². The molecular weight excluding hydrogens is 294 g/mol. The minimum atomic E-state index is 0.0335. The van der Waals surface area contributed by atoms with E-state index in [0.29, 0.717) is 6.42 Å². The Morgan fingerprint density at radius 1 is 1.56 bits per heavy atom. The molecule has 1 aromatic heterocycles. The van der Waals surface area contributed by atoms with Crippen molar-refractivity contribution in [2.75, 3.05) is 6.54 Å². The van der Waals surface area contributed by atoms with Crippen molar-refractivity contribution in [2.45, 2.75) is 52.1 Å². The molecule has 1 fully saturated rings. The fraction of sp³-hybridized carbons (Fsp3) is 0.692. The molecule has 0 aromatic carbocycles. The fourth-order valence-electron chi connectivity index (χ4n) is 2.45. The summed E-state index contributed by atoms with van der Waals surface area (Å²) >= 11 is 3.54. The number of hydrogen-bond donors (Lipinski definition) is 1. The van der Waals surface area contributed by atoms with E-state index in [1.165, 1.54) is 6.42 Å². The third kappa shape index (κ3) is 2.83. The molecule has 1 aliphatic heterocycles. The number of halogens is 1. The Balaban J connectivity index is 2.10. The number of carbonyl (C=O) groups is 1. The summed E-state index contributed by atoms with van der Waals surface area (Å²) in [7, 11) is 0. The monoisotopic (exact) mass is 313 g/mol. The van der Waals surface area contributed by atoms with Gasteiger partial charge in [-0.15, -0.1) is 0 Å². The zero-order valence-corrected chi connectivity index (χ0v) is 12.6. The van der Waals surface area contributed by atoms with Gasteiger partial charge in [-0.1, -0.05) is 6.42 Å². The summed E-state index contributed by atoms with van der Waals surface area (Å²) in [5.74, 6) is 0.282. The maximum atomic E-state index is 12.3. The van der Waals surface area contributed by atoms with Crippen LogP contribution in [-0.2, 0) is 17.8 Å². The van der Waals surface area contributed by atoms with Crippen molar-refractivity contribution in [1.82, 2.24) is 15.1 Å². The predicted octanol–water partition coefficient (Wildman–Crippen LogP) is 2.23. The molecule has 1 atom stereocenters. The number of aryl methyl sites for hydroxylation is 2. The number of aromatic nitrogens is 2. The first-order valence-corrected chi connectivity index (χ1v) is 7.40. The average Bonchev–Trinajstić information content (AvgIpc) is 2.67. The quantitative estimate of drug-likeness (QED) is 0.927. The second-order valence-electron chi connectivity index (χ2n) is 4.81. The van der Waals surface area contributed by atoms with Gasteiger partial charge in [0.2, 0.25) is 0 Å². The second kappa shape index (κ2) is 5.97. The van der Waals surface area contributed by atoms with E-state index in [-0.39, 0.29) is 11.8 Å². The zero-order valence-electron chi connectivity index (χ0n) is 11.0. The van der Waals surface area contributed by atoms with E-state index in [1.807, 2.05) is 18.5 Å². The molecule has 0 aliphatic carbocycles. The standard InChI is InChI=1S/C13H20BrN3O/c1-3-17-11(13(14)9(2)16-17)8-12(18)10-6-4-5-7-15-10/h10,15H,3-8H2,1-2H3. The van der Waals surface area contributed by atoms with Crippen molar-refractivity contribution >= 4 is 21.7 Å². The average molecular weight is 314 g/mol. The van der Waals surface area contributed by atoms with Crippen molar-refractivity contribution in [3.05, 3.63) is 15.9 Å². The summed E-state index contributed by atoms with van der Waals surface area (Å²) in [4.78, 5) is 12.3. The van der Waals surface area contributed by atoms with Gasteiger partial charge in [-0.3, -0.25) is 9.48 Å². The highest BCUT2D eigenvalue weighted by Crippen LogP contribution is 2.22. The number of hydrogen-bond acceptors (Lipinski definition) is 3. The van der Waals surface area contributed by atoms with E-state index in [4.69, 9.17) is 0 Å². The summed E-state index contributed by atoms with van der Waals surface area (Å²) < 4.78 is 2.90. The fourth-order valence-corrected chi connectivity index (χ4v) is 2.88. The van der Waals surface area contributed by atoms with E-state index >= 15 is 0 Å². The highest BCUT2D eigenvalue weighted by atomic mass is 79.9. The number of piperidine rings is 1. The van der Waals surface area contributed by atoms with Crippen molar-refractivity contribution in [3.63, 3.8) is 0 Å². The Hall–Kier alpha value is -0.680. The van der Waals surface area contributed by atoms with Gasteiger partial charge in [0.25, 0.3) is 0 Å². The van der Waals surface area contributed by atoms with Crippen LogP contribution >= 0.6 is 15.9 Å². The van der Waals surface area contributed by atoms with E-state index in [2.05, 4.69) is 26.3 Å². The molecule has 1 unspecified atom stereocenters. The Morgan fingerprint density at radius 3 is 2.94 bits per heavy atom. The number of nitrogens with one attached hydrogen (secondary N) is 1. The van der Waals surface area contributed by atoms with Crippen LogP contribution in [0.25, 0.3) is 0 Å². The maximum Gasteiger partial charge on any atom is 0.155 e. The molecular formula is C13H20BrN3O. The summed E-state index contributed by atoms with van der Waals surface area (Å²) in [5.41, 5.74) is 1.96. The third-order valence-electron chi connectivity index (χ3n) is 3.49. The molecule has 2 rings (SSSR count). The molecule has 5 heteroatoms. The molecule has 4 nitrogen and oxygen atoms in total. The molecule has 18 heavy (non-hydrogen) atoms. The smallest absolute Gasteiger partial charge is 0.155 e. The van der Waals surface area contributed by atoms with Gasteiger partial charge in [0.15, 0.2) is 5.78 Å². The van der Waals surface area contributed by atoms with E-state index < -0.39 is 0 Å². The van der Waals surface area contributed by atoms with E-state index in [0.717, 1.165) is 41.8 Å². The summed E-state index contributed by atoms with van der Waals surface area (Å²) in [6.45, 7) is 5.77. The first kappa shape index (κ1) is 13.7. The lowest BCUT2D eigenvalue weighted by atomic mass is 9.98. The Bertz CT molecular complexity index is 436. The van der Waals surface area contributed by atoms with Crippen LogP contribution in [0.3, 0.4) is 0 Å². The topological polar surface area (TPSA) is 46.9 Å². The van der Waals surface area contributed by atoms with Crippen LogP contribution in [0.5, 0.6) is 0 Å². The second-order valence-corrected chi connectivity index (χ2v) is 5.60. The van der Waals surface area contributed by atoms with Crippen LogP contribution in [0, 0.1) is 6.92 Å². The number of nitrogens with zero attached hydrogens (tertiary/aromatic N) is 2. The SMILES string of the molecule is CCn1nc(C)c(Br)c1CC(=O)C1CCCCN1. The summed E-state index contributed by atoms with van der Waals surface area (Å²) in [6.07, 6.45) is 3.76. The first-order chi connectivity index (χ1) is 8.63. The first-order valence-electron chi connectivity index (χ1n) is 6.61. The Kier molecular flexibility index (Phi) is 4.56. The highest BCUT2D eigenvalue weighted by Gasteiger charge is 2.23. The summed E-state index contributed by atoms with van der Waals surface area (Å²) in [5, 5.41) is 7.73. The molecule has 1 saturated heterocycles. The van der Waals surface area contributed by atoms with Gasteiger partial charge in [0.1, 0.15) is 0 Å². The van der Waals surface area contributed by atoms with Gasteiger partial charge in [0, 0.05) is 6.54 Å². The van der Waals surface area contributed by atoms with Crippen LogP contribution in [0.15, 0.2) is 4.47 Å². The van der Waals surface area contributed by atoms with Gasteiger partial charge in [0.05, 0.1) is 28.3 Å². The van der Waals surface area contributed by atoms with E-state index in [1.54, 1.807) is 0 Å². The third-order valence-corrected chi connectivity index (χ3v) is 4.52. The Morgan fingerprint density at radius 2 is 2.33 bits per heavy atom. The van der Waals surface area contributed by atoms with Gasteiger partial charge in [-0.05, 0) is 49.2 Å². The molecule has 0 saturated carbocycles. The Labute approximate surface area is 116 Å². The van der Waals surface area contributed by atoms with Crippen molar-refractivity contribution in [2.24, 2.45) is 0 Å². The van der Waals surface area contributed by atoms with E-state index in [9.17, 15) is 4.79 Å². The van der Waals surface area contributed by atoms with Gasteiger partial charge >= 0.3 is 0 Å². The molecule has 2 heterocycles. The van der Waals surface area contributed by atoms with Crippen LogP contribution < -0.4 is 5.32 Å². The van der Waals surface area contributed by atoms with Crippen molar-refractivity contribution in [1.29, 1.82) is 0 Å². The minimum Gasteiger partial charge on any atom is -0.307 e. The number of rotatable bonds is 4. The van der Waals surface area contributed by atoms with Crippen LogP contribution in [0.1, 0.15) is 37.6 Å². The molecule has 0 spiro atoms. The number of carbonyl (C=O) groups excluding carboxylic acids is 1. The highest BCUT2D eigenvalue weighted by molar-refractivity contribution is 9.10. The molecule has 0 bridgehead atoms. The zero-order chi connectivity index (χ0) is 13.1. The predicted molar refractivity (Wildman–Crippen MR) is 74.7 cm³/mol. The molecule has 1 aromatic rings. The lowest BCUT2D eigenvalue weighted by Crippen LogP contribution is -2.41. The van der Waals surface area contributed by atoms with Gasteiger partial charge < -0.3 is 5.32 Å². The van der Waals surface area contributed by atoms with Gasteiger partial charge in [-0.2, -0.15) is 5.10 Å². The molecule has 100 valence electrons. The molecule has 1 N–H and O–H groups in total. The number of Topliss-reactive ketones (excluding diaryl/α,β-unsaturated/α-hetero) is 1. The lowest BCUT2D eigenvalue weighted by molar-refractivity contribution is -0.121. The molecule has 0 radical (unpaired) electrons. The minimum absolute atomic E-state index is 0.0335. The summed E-state index contributed by atoms with van der Waals surface area (Å²) in [6, 6.07) is 0.0335. The number of ketones is 1.